The summed E-state index contributed by atoms with van der Waals surface area (Å²) in [5, 5.41) is 0. The summed E-state index contributed by atoms with van der Waals surface area (Å²) >= 11 is 0. The molecule has 23 heavy (non-hydrogen) atoms. The molecule has 0 atom stereocenters. The Balaban J connectivity index is 2.91. The molecule has 0 N–H and O–H groups in total. The van der Waals surface area contributed by atoms with Gasteiger partial charge in [-0.2, -0.15) is 0 Å². The predicted molar refractivity (Wildman–Crippen MR) is 97.1 cm³/mol. The van der Waals surface area contributed by atoms with Gasteiger partial charge in [0.1, 0.15) is 0 Å². The lowest BCUT2D eigenvalue weighted by atomic mass is 9.88. The quantitative estimate of drug-likeness (QED) is 0.470. The third kappa shape index (κ3) is 8.42. The van der Waals surface area contributed by atoms with E-state index in [4.69, 9.17) is 4.74 Å². The van der Waals surface area contributed by atoms with E-state index in [0.717, 1.165) is 19.3 Å². The number of hydrogen-bond acceptors (Lipinski definition) is 2. The molecule has 1 rings (SSSR count). The molecule has 2 nitrogen and oxygen atoms in total. The van der Waals surface area contributed by atoms with Gasteiger partial charge in [-0.05, 0) is 49.7 Å². The van der Waals surface area contributed by atoms with Crippen molar-refractivity contribution in [3.8, 4) is 0 Å². The van der Waals surface area contributed by atoms with Gasteiger partial charge in [0.05, 0.1) is 6.61 Å². The lowest BCUT2D eigenvalue weighted by Gasteiger charge is -2.17. The number of esters is 1. The van der Waals surface area contributed by atoms with E-state index in [-0.39, 0.29) is 11.4 Å². The van der Waals surface area contributed by atoms with Crippen LogP contribution < -0.4 is 0 Å². The van der Waals surface area contributed by atoms with Crippen molar-refractivity contribution in [1.82, 2.24) is 0 Å². The van der Waals surface area contributed by atoms with Crippen LogP contribution in [0.5, 0.6) is 0 Å². The Kier molecular flexibility index (Phi) is 7.85. The highest BCUT2D eigenvalue weighted by atomic mass is 16.5. The number of carbonyl (C=O) groups is 1. The molecule has 0 saturated heterocycles. The summed E-state index contributed by atoms with van der Waals surface area (Å²) in [5.74, 6) is -0.115. The highest BCUT2D eigenvalue weighted by Crippen LogP contribution is 2.26. The van der Waals surface area contributed by atoms with Crippen LogP contribution in [0.3, 0.4) is 0 Å². The lowest BCUT2D eigenvalue weighted by molar-refractivity contribution is -0.143. The van der Waals surface area contributed by atoms with E-state index >= 15 is 0 Å². The smallest absolute Gasteiger partial charge is 0.305 e. The normalized spacial score (nSPS) is 10.8. The SMILES string of the molecule is CCOC(=O)CCCC(=C=C(C)CC(C)(C)C)c1ccccc1. The van der Waals surface area contributed by atoms with Crippen molar-refractivity contribution in [1.29, 1.82) is 0 Å². The van der Waals surface area contributed by atoms with Crippen LogP contribution in [0.15, 0.2) is 41.6 Å². The third-order valence-corrected chi connectivity index (χ3v) is 3.40. The highest BCUT2D eigenvalue weighted by Gasteiger charge is 2.11. The number of carbonyl (C=O) groups excluding carboxylic acids is 1. The van der Waals surface area contributed by atoms with E-state index in [1.807, 2.05) is 25.1 Å². The van der Waals surface area contributed by atoms with Crippen LogP contribution in [0.2, 0.25) is 0 Å². The second kappa shape index (κ2) is 9.37. The second-order valence-electron chi connectivity index (χ2n) is 7.15. The van der Waals surface area contributed by atoms with E-state index in [0.29, 0.717) is 13.0 Å². The Hall–Kier alpha value is -1.79. The maximum atomic E-state index is 11.5. The molecular formula is C21H30O2. The molecule has 0 radical (unpaired) electrons. The average molecular weight is 314 g/mol. The van der Waals surface area contributed by atoms with Crippen LogP contribution in [0.4, 0.5) is 0 Å². The van der Waals surface area contributed by atoms with E-state index in [2.05, 4.69) is 45.6 Å². The standard InChI is InChI=1S/C21H30O2/c1-6-23-20(22)14-10-13-19(18-11-8-7-9-12-18)15-17(2)16-21(3,4)5/h7-9,11-12H,6,10,13-14,16H2,1-5H3. The van der Waals surface area contributed by atoms with Crippen LogP contribution in [-0.2, 0) is 9.53 Å². The zero-order chi connectivity index (χ0) is 17.3. The van der Waals surface area contributed by atoms with Crippen LogP contribution in [0.1, 0.15) is 65.9 Å². The molecule has 0 fully saturated rings. The Labute approximate surface area is 141 Å². The summed E-state index contributed by atoms with van der Waals surface area (Å²) in [4.78, 5) is 11.5. The van der Waals surface area contributed by atoms with Crippen LogP contribution in [0, 0.1) is 5.41 Å². The monoisotopic (exact) mass is 314 g/mol. The summed E-state index contributed by atoms with van der Waals surface area (Å²) in [5.41, 5.74) is 7.45. The topological polar surface area (TPSA) is 26.3 Å². The highest BCUT2D eigenvalue weighted by molar-refractivity contribution is 5.70. The maximum absolute atomic E-state index is 11.5. The van der Waals surface area contributed by atoms with Crippen LogP contribution in [-0.4, -0.2) is 12.6 Å². The summed E-state index contributed by atoms with van der Waals surface area (Å²) in [6.07, 6.45) is 3.11. The number of rotatable bonds is 7. The predicted octanol–water partition coefficient (Wildman–Crippen LogP) is 5.78. The second-order valence-corrected chi connectivity index (χ2v) is 7.15. The minimum atomic E-state index is -0.115. The van der Waals surface area contributed by atoms with E-state index in [9.17, 15) is 4.79 Å². The molecule has 0 spiro atoms. The molecule has 0 aliphatic carbocycles. The largest absolute Gasteiger partial charge is 0.466 e. The van der Waals surface area contributed by atoms with Gasteiger partial charge in [0.25, 0.3) is 0 Å². The Morgan fingerprint density at radius 3 is 2.35 bits per heavy atom. The summed E-state index contributed by atoms with van der Waals surface area (Å²) in [6.45, 7) is 11.1. The molecule has 1 aromatic rings. The Bertz CT molecular complexity index is 555. The average Bonchev–Trinajstić information content (AvgIpc) is 2.45. The molecular weight excluding hydrogens is 284 g/mol. The molecule has 0 bridgehead atoms. The molecule has 0 amide bonds. The molecule has 0 aliphatic rings. The zero-order valence-electron chi connectivity index (χ0n) is 15.2. The van der Waals surface area contributed by atoms with Gasteiger partial charge in [-0.25, -0.2) is 0 Å². The zero-order valence-corrected chi connectivity index (χ0v) is 15.2. The van der Waals surface area contributed by atoms with Gasteiger partial charge < -0.3 is 4.74 Å². The first-order valence-electron chi connectivity index (χ1n) is 8.48. The Morgan fingerprint density at radius 2 is 1.78 bits per heavy atom. The molecule has 126 valence electrons. The molecule has 0 heterocycles. The summed E-state index contributed by atoms with van der Waals surface area (Å²) in [6, 6.07) is 10.3. The van der Waals surface area contributed by atoms with Crippen molar-refractivity contribution in [3.63, 3.8) is 0 Å². The van der Waals surface area contributed by atoms with Crippen LogP contribution >= 0.6 is 0 Å². The first-order chi connectivity index (χ1) is 10.8. The van der Waals surface area contributed by atoms with E-state index in [1.165, 1.54) is 16.7 Å². The van der Waals surface area contributed by atoms with Gasteiger partial charge in [0.2, 0.25) is 0 Å². The number of ether oxygens (including phenoxy) is 1. The first kappa shape index (κ1) is 19.3. The van der Waals surface area contributed by atoms with Crippen molar-refractivity contribution in [2.45, 2.75) is 60.3 Å². The fourth-order valence-corrected chi connectivity index (χ4v) is 2.66. The molecule has 2 heteroatoms. The maximum Gasteiger partial charge on any atom is 0.305 e. The summed E-state index contributed by atoms with van der Waals surface area (Å²) in [7, 11) is 0. The molecule has 0 aliphatic heterocycles. The van der Waals surface area contributed by atoms with Crippen LogP contribution in [0.25, 0.3) is 5.57 Å². The fraction of sp³-hybridized carbons (Fsp3) is 0.524. The Morgan fingerprint density at radius 1 is 1.13 bits per heavy atom. The molecule has 0 unspecified atom stereocenters. The summed E-state index contributed by atoms with van der Waals surface area (Å²) < 4.78 is 5.00. The fourth-order valence-electron chi connectivity index (χ4n) is 2.66. The van der Waals surface area contributed by atoms with Gasteiger partial charge in [0.15, 0.2) is 0 Å². The van der Waals surface area contributed by atoms with Gasteiger partial charge in [-0.1, -0.05) is 51.1 Å². The van der Waals surface area contributed by atoms with Gasteiger partial charge in [-0.15, -0.1) is 5.73 Å². The van der Waals surface area contributed by atoms with Gasteiger partial charge in [-0.3, -0.25) is 4.79 Å². The molecule has 0 aromatic heterocycles. The van der Waals surface area contributed by atoms with E-state index < -0.39 is 0 Å². The number of allylic oxidation sites excluding steroid dienone is 1. The van der Waals surface area contributed by atoms with E-state index in [1.54, 1.807) is 0 Å². The first-order valence-corrected chi connectivity index (χ1v) is 8.48. The molecule has 1 aromatic carbocycles. The van der Waals surface area contributed by atoms with Gasteiger partial charge in [0, 0.05) is 12.0 Å². The minimum Gasteiger partial charge on any atom is -0.466 e. The molecule has 0 saturated carbocycles. The number of hydrogen-bond donors (Lipinski definition) is 0. The minimum absolute atomic E-state index is 0.115. The van der Waals surface area contributed by atoms with Crippen molar-refractivity contribution >= 4 is 11.5 Å². The third-order valence-electron chi connectivity index (χ3n) is 3.40. The van der Waals surface area contributed by atoms with Crippen molar-refractivity contribution in [2.75, 3.05) is 6.61 Å². The van der Waals surface area contributed by atoms with Gasteiger partial charge >= 0.3 is 5.97 Å². The lowest BCUT2D eigenvalue weighted by Crippen LogP contribution is -2.04. The van der Waals surface area contributed by atoms with Crippen molar-refractivity contribution in [2.24, 2.45) is 5.41 Å². The number of benzene rings is 1. The van der Waals surface area contributed by atoms with Crippen molar-refractivity contribution < 1.29 is 9.53 Å². The van der Waals surface area contributed by atoms with Crippen molar-refractivity contribution in [3.05, 3.63) is 47.2 Å².